The highest BCUT2D eigenvalue weighted by Gasteiger charge is 2.34. The van der Waals surface area contributed by atoms with E-state index >= 15 is 0 Å². The SMILES string of the molecule is CC(C)(C)NC(=O)C1CC(O)C1. The number of hydrogen-bond acceptors (Lipinski definition) is 2. The molecule has 0 atom stereocenters. The topological polar surface area (TPSA) is 49.3 Å². The van der Waals surface area contributed by atoms with Crippen LogP contribution in [0.4, 0.5) is 0 Å². The van der Waals surface area contributed by atoms with Crippen molar-refractivity contribution in [1.82, 2.24) is 5.32 Å². The van der Waals surface area contributed by atoms with E-state index in [0.29, 0.717) is 12.8 Å². The molecule has 0 spiro atoms. The average Bonchev–Trinajstić information content (AvgIpc) is 1.76. The van der Waals surface area contributed by atoms with E-state index in [-0.39, 0.29) is 23.5 Å². The molecule has 0 unspecified atom stereocenters. The van der Waals surface area contributed by atoms with Crippen LogP contribution in [0.3, 0.4) is 0 Å². The first-order valence-corrected chi connectivity index (χ1v) is 4.38. The molecule has 1 amide bonds. The maximum absolute atomic E-state index is 11.4. The minimum absolute atomic E-state index is 0.0409. The number of aliphatic hydroxyl groups is 1. The van der Waals surface area contributed by atoms with E-state index < -0.39 is 0 Å². The number of carbonyl (C=O) groups is 1. The minimum atomic E-state index is -0.249. The zero-order valence-corrected chi connectivity index (χ0v) is 7.92. The molecule has 1 saturated carbocycles. The number of amides is 1. The maximum Gasteiger partial charge on any atom is 0.223 e. The number of rotatable bonds is 1. The van der Waals surface area contributed by atoms with Crippen LogP contribution in [-0.2, 0) is 4.79 Å². The molecule has 0 bridgehead atoms. The third-order valence-corrected chi connectivity index (χ3v) is 1.98. The number of carbonyl (C=O) groups excluding carboxylic acids is 1. The van der Waals surface area contributed by atoms with E-state index in [1.54, 1.807) is 0 Å². The van der Waals surface area contributed by atoms with Gasteiger partial charge in [-0.05, 0) is 33.6 Å². The van der Waals surface area contributed by atoms with Gasteiger partial charge in [-0.25, -0.2) is 0 Å². The van der Waals surface area contributed by atoms with Crippen molar-refractivity contribution in [2.75, 3.05) is 0 Å². The monoisotopic (exact) mass is 171 g/mol. The van der Waals surface area contributed by atoms with Gasteiger partial charge in [-0.15, -0.1) is 0 Å². The van der Waals surface area contributed by atoms with Crippen molar-refractivity contribution in [3.8, 4) is 0 Å². The Morgan fingerprint density at radius 1 is 1.42 bits per heavy atom. The quantitative estimate of drug-likeness (QED) is 0.609. The molecule has 1 aliphatic rings. The second-order valence-electron chi connectivity index (χ2n) is 4.56. The van der Waals surface area contributed by atoms with Gasteiger partial charge in [-0.2, -0.15) is 0 Å². The summed E-state index contributed by atoms with van der Waals surface area (Å²) in [6, 6.07) is 0. The smallest absolute Gasteiger partial charge is 0.223 e. The third kappa shape index (κ3) is 2.48. The first kappa shape index (κ1) is 9.52. The van der Waals surface area contributed by atoms with Crippen LogP contribution in [0.2, 0.25) is 0 Å². The van der Waals surface area contributed by atoms with Gasteiger partial charge in [0.25, 0.3) is 0 Å². The summed E-state index contributed by atoms with van der Waals surface area (Å²) >= 11 is 0. The lowest BCUT2D eigenvalue weighted by Gasteiger charge is -2.33. The van der Waals surface area contributed by atoms with Gasteiger partial charge in [-0.3, -0.25) is 4.79 Å². The molecule has 1 aliphatic carbocycles. The predicted octanol–water partition coefficient (Wildman–Crippen LogP) is 0.672. The zero-order valence-electron chi connectivity index (χ0n) is 7.92. The van der Waals surface area contributed by atoms with E-state index in [2.05, 4.69) is 5.32 Å². The summed E-state index contributed by atoms with van der Waals surface area (Å²) in [6.45, 7) is 5.87. The van der Waals surface area contributed by atoms with Gasteiger partial charge in [0.05, 0.1) is 6.10 Å². The zero-order chi connectivity index (χ0) is 9.35. The fourth-order valence-electron chi connectivity index (χ4n) is 1.27. The standard InChI is InChI=1S/C9H17NO2/c1-9(2,3)10-8(12)6-4-7(11)5-6/h6-7,11H,4-5H2,1-3H3,(H,10,12). The third-order valence-electron chi connectivity index (χ3n) is 1.98. The van der Waals surface area contributed by atoms with Gasteiger partial charge in [0.2, 0.25) is 5.91 Å². The first-order chi connectivity index (χ1) is 5.38. The Balaban J connectivity index is 2.30. The van der Waals surface area contributed by atoms with Gasteiger partial charge < -0.3 is 10.4 Å². The van der Waals surface area contributed by atoms with Gasteiger partial charge in [0.1, 0.15) is 0 Å². The van der Waals surface area contributed by atoms with Gasteiger partial charge in [0.15, 0.2) is 0 Å². The Morgan fingerprint density at radius 2 is 1.92 bits per heavy atom. The number of nitrogens with one attached hydrogen (secondary N) is 1. The molecule has 3 nitrogen and oxygen atoms in total. The Hall–Kier alpha value is -0.570. The maximum atomic E-state index is 11.4. The summed E-state index contributed by atoms with van der Waals surface area (Å²) in [4.78, 5) is 11.4. The molecule has 2 N–H and O–H groups in total. The Morgan fingerprint density at radius 3 is 2.25 bits per heavy atom. The van der Waals surface area contributed by atoms with Gasteiger partial charge >= 0.3 is 0 Å². The van der Waals surface area contributed by atoms with E-state index in [0.717, 1.165) is 0 Å². The average molecular weight is 171 g/mol. The van der Waals surface area contributed by atoms with Gasteiger partial charge in [0, 0.05) is 11.5 Å². The Labute approximate surface area is 73.2 Å². The molecule has 0 aromatic heterocycles. The molecule has 0 radical (unpaired) electrons. The summed E-state index contributed by atoms with van der Waals surface area (Å²) < 4.78 is 0. The second-order valence-corrected chi connectivity index (χ2v) is 4.56. The molecule has 12 heavy (non-hydrogen) atoms. The van der Waals surface area contributed by atoms with Crippen molar-refractivity contribution in [2.45, 2.75) is 45.3 Å². The lowest BCUT2D eigenvalue weighted by atomic mass is 9.81. The van der Waals surface area contributed by atoms with Crippen molar-refractivity contribution < 1.29 is 9.90 Å². The van der Waals surface area contributed by atoms with Crippen LogP contribution in [0.15, 0.2) is 0 Å². The molecule has 0 aliphatic heterocycles. The highest BCUT2D eigenvalue weighted by Crippen LogP contribution is 2.27. The van der Waals surface area contributed by atoms with Crippen LogP contribution >= 0.6 is 0 Å². The molecular formula is C9H17NO2. The van der Waals surface area contributed by atoms with Crippen LogP contribution in [0.25, 0.3) is 0 Å². The second kappa shape index (κ2) is 3.05. The number of hydrogen-bond donors (Lipinski definition) is 2. The highest BCUT2D eigenvalue weighted by atomic mass is 16.3. The first-order valence-electron chi connectivity index (χ1n) is 4.38. The van der Waals surface area contributed by atoms with Crippen LogP contribution in [0, 0.1) is 5.92 Å². The molecule has 0 aromatic rings. The van der Waals surface area contributed by atoms with Crippen LogP contribution in [-0.4, -0.2) is 22.7 Å². The summed E-state index contributed by atoms with van der Waals surface area (Å²) in [5, 5.41) is 11.9. The van der Waals surface area contributed by atoms with Crippen molar-refractivity contribution >= 4 is 5.91 Å². The van der Waals surface area contributed by atoms with Gasteiger partial charge in [-0.1, -0.05) is 0 Å². The summed E-state index contributed by atoms with van der Waals surface area (Å²) in [6.07, 6.45) is 1.00. The van der Waals surface area contributed by atoms with Crippen molar-refractivity contribution in [3.63, 3.8) is 0 Å². The van der Waals surface area contributed by atoms with Crippen LogP contribution in [0.1, 0.15) is 33.6 Å². The predicted molar refractivity (Wildman–Crippen MR) is 46.6 cm³/mol. The molecule has 1 rings (SSSR count). The summed E-state index contributed by atoms with van der Waals surface area (Å²) in [5.41, 5.74) is -0.155. The molecule has 3 heteroatoms. The molecule has 70 valence electrons. The molecule has 0 saturated heterocycles. The fraction of sp³-hybridized carbons (Fsp3) is 0.889. The van der Waals surface area contributed by atoms with Crippen LogP contribution < -0.4 is 5.32 Å². The van der Waals surface area contributed by atoms with E-state index in [4.69, 9.17) is 5.11 Å². The molecule has 1 fully saturated rings. The lowest BCUT2D eigenvalue weighted by Crippen LogP contribution is -2.48. The van der Waals surface area contributed by atoms with Crippen molar-refractivity contribution in [2.24, 2.45) is 5.92 Å². The molecule has 0 heterocycles. The van der Waals surface area contributed by atoms with E-state index in [1.165, 1.54) is 0 Å². The largest absolute Gasteiger partial charge is 0.393 e. The fourth-order valence-corrected chi connectivity index (χ4v) is 1.27. The normalized spacial score (nSPS) is 29.3. The summed E-state index contributed by atoms with van der Waals surface area (Å²) in [5.74, 6) is 0.118. The number of aliphatic hydroxyl groups excluding tert-OH is 1. The molecule has 0 aromatic carbocycles. The summed E-state index contributed by atoms with van der Waals surface area (Å²) in [7, 11) is 0. The minimum Gasteiger partial charge on any atom is -0.393 e. The lowest BCUT2D eigenvalue weighted by molar-refractivity contribution is -0.132. The Kier molecular flexibility index (Phi) is 2.42. The van der Waals surface area contributed by atoms with E-state index in [9.17, 15) is 4.79 Å². The van der Waals surface area contributed by atoms with E-state index in [1.807, 2.05) is 20.8 Å². The molecular weight excluding hydrogens is 154 g/mol. The van der Waals surface area contributed by atoms with Crippen molar-refractivity contribution in [3.05, 3.63) is 0 Å². The highest BCUT2D eigenvalue weighted by molar-refractivity contribution is 5.80. The van der Waals surface area contributed by atoms with Crippen LogP contribution in [0.5, 0.6) is 0 Å². The van der Waals surface area contributed by atoms with Crippen molar-refractivity contribution in [1.29, 1.82) is 0 Å². The Bertz CT molecular complexity index is 177.